The second kappa shape index (κ2) is 12.4. The zero-order valence-corrected chi connectivity index (χ0v) is 15.5. The van der Waals surface area contributed by atoms with Crippen molar-refractivity contribution >= 4 is 17.8 Å². The molecule has 0 spiro atoms. The van der Waals surface area contributed by atoms with Crippen LogP contribution in [0.3, 0.4) is 0 Å². The van der Waals surface area contributed by atoms with E-state index in [2.05, 4.69) is 20.1 Å². The molecular formula is C16H34N8O2. The SMILES string of the molecule is NC(=O)CCN1CCN(CCCNC(=O)C(N)CCCN=C(N)N)CC1. The summed E-state index contributed by atoms with van der Waals surface area (Å²) in [6.07, 6.45) is 2.52. The first kappa shape index (κ1) is 22.1. The van der Waals surface area contributed by atoms with Crippen molar-refractivity contribution in [1.82, 2.24) is 15.1 Å². The van der Waals surface area contributed by atoms with E-state index in [0.717, 1.165) is 45.7 Å². The molecule has 150 valence electrons. The molecule has 10 nitrogen and oxygen atoms in total. The highest BCUT2D eigenvalue weighted by Crippen LogP contribution is 2.03. The summed E-state index contributed by atoms with van der Waals surface area (Å²) in [7, 11) is 0. The minimum Gasteiger partial charge on any atom is -0.370 e. The molecule has 1 heterocycles. The maximum absolute atomic E-state index is 11.9. The van der Waals surface area contributed by atoms with Gasteiger partial charge in [0, 0.05) is 52.2 Å². The highest BCUT2D eigenvalue weighted by Gasteiger charge is 2.17. The summed E-state index contributed by atoms with van der Waals surface area (Å²) < 4.78 is 0. The van der Waals surface area contributed by atoms with Crippen molar-refractivity contribution in [2.45, 2.75) is 31.7 Å². The van der Waals surface area contributed by atoms with Crippen molar-refractivity contribution in [1.29, 1.82) is 0 Å². The lowest BCUT2D eigenvalue weighted by molar-refractivity contribution is -0.122. The van der Waals surface area contributed by atoms with Crippen LogP contribution in [0.5, 0.6) is 0 Å². The summed E-state index contributed by atoms with van der Waals surface area (Å²) in [5.74, 6) is -0.333. The van der Waals surface area contributed by atoms with E-state index >= 15 is 0 Å². The molecule has 0 aromatic carbocycles. The van der Waals surface area contributed by atoms with Crippen LogP contribution in [0.25, 0.3) is 0 Å². The van der Waals surface area contributed by atoms with E-state index in [1.807, 2.05) is 0 Å². The van der Waals surface area contributed by atoms with Crippen molar-refractivity contribution < 1.29 is 9.59 Å². The third kappa shape index (κ3) is 10.2. The zero-order valence-electron chi connectivity index (χ0n) is 15.5. The third-order valence-corrected chi connectivity index (χ3v) is 4.39. The molecule has 0 aromatic heterocycles. The fourth-order valence-corrected chi connectivity index (χ4v) is 2.80. The molecule has 2 amide bonds. The number of nitrogens with two attached hydrogens (primary N) is 4. The van der Waals surface area contributed by atoms with Gasteiger partial charge in [-0.25, -0.2) is 0 Å². The molecule has 0 saturated carbocycles. The number of nitrogens with one attached hydrogen (secondary N) is 1. The molecule has 1 rings (SSSR count). The summed E-state index contributed by atoms with van der Waals surface area (Å²) in [6, 6.07) is -0.530. The van der Waals surface area contributed by atoms with Crippen molar-refractivity contribution in [2.75, 3.05) is 52.4 Å². The fourth-order valence-electron chi connectivity index (χ4n) is 2.80. The van der Waals surface area contributed by atoms with Gasteiger partial charge in [0.25, 0.3) is 0 Å². The number of carbonyl (C=O) groups excluding carboxylic acids is 2. The Kier molecular flexibility index (Phi) is 10.6. The Morgan fingerprint density at radius 2 is 1.62 bits per heavy atom. The van der Waals surface area contributed by atoms with E-state index in [0.29, 0.717) is 32.4 Å². The standard InChI is InChI=1S/C16H34N8O2/c17-13(3-1-5-22-16(19)20)15(26)21-6-2-7-23-9-11-24(12-10-23)8-4-14(18)25/h13H,1-12,17H2,(H2,18,25)(H,21,26)(H4,19,20,22). The average molecular weight is 371 g/mol. The molecule has 1 fully saturated rings. The predicted molar refractivity (Wildman–Crippen MR) is 102 cm³/mol. The third-order valence-electron chi connectivity index (χ3n) is 4.39. The van der Waals surface area contributed by atoms with Gasteiger partial charge in [0.15, 0.2) is 5.96 Å². The van der Waals surface area contributed by atoms with E-state index in [1.54, 1.807) is 0 Å². The minimum absolute atomic E-state index is 0.0525. The molecule has 0 radical (unpaired) electrons. The lowest BCUT2D eigenvalue weighted by atomic mass is 10.1. The number of amides is 2. The summed E-state index contributed by atoms with van der Waals surface area (Å²) >= 11 is 0. The Morgan fingerprint density at radius 1 is 1.00 bits per heavy atom. The van der Waals surface area contributed by atoms with Crippen LogP contribution in [0.15, 0.2) is 4.99 Å². The van der Waals surface area contributed by atoms with Crippen LogP contribution in [0.2, 0.25) is 0 Å². The summed E-state index contributed by atoms with van der Waals surface area (Å²) in [5, 5.41) is 2.88. The Labute approximate surface area is 155 Å². The second-order valence-corrected chi connectivity index (χ2v) is 6.60. The average Bonchev–Trinajstić information content (AvgIpc) is 2.61. The van der Waals surface area contributed by atoms with Crippen LogP contribution < -0.4 is 28.3 Å². The van der Waals surface area contributed by atoms with Gasteiger partial charge in [-0.1, -0.05) is 0 Å². The molecule has 10 heteroatoms. The fraction of sp³-hybridized carbons (Fsp3) is 0.812. The molecule has 26 heavy (non-hydrogen) atoms. The molecule has 1 aliphatic heterocycles. The summed E-state index contributed by atoms with van der Waals surface area (Å²) in [5.41, 5.74) is 21.5. The number of hydrogen-bond acceptors (Lipinski definition) is 6. The number of hydrogen-bond donors (Lipinski definition) is 5. The van der Waals surface area contributed by atoms with E-state index in [-0.39, 0.29) is 17.8 Å². The van der Waals surface area contributed by atoms with Gasteiger partial charge in [0.2, 0.25) is 11.8 Å². The Morgan fingerprint density at radius 3 is 2.19 bits per heavy atom. The Bertz CT molecular complexity index is 459. The molecule has 0 bridgehead atoms. The molecule has 1 unspecified atom stereocenters. The molecule has 0 aromatic rings. The van der Waals surface area contributed by atoms with Gasteiger partial charge < -0.3 is 38.1 Å². The summed E-state index contributed by atoms with van der Waals surface area (Å²) in [4.78, 5) is 31.2. The van der Waals surface area contributed by atoms with Gasteiger partial charge in [0.05, 0.1) is 6.04 Å². The van der Waals surface area contributed by atoms with E-state index in [1.165, 1.54) is 0 Å². The van der Waals surface area contributed by atoms with Gasteiger partial charge in [-0.15, -0.1) is 0 Å². The lowest BCUT2D eigenvalue weighted by Crippen LogP contribution is -2.47. The van der Waals surface area contributed by atoms with Crippen LogP contribution in [-0.2, 0) is 9.59 Å². The topological polar surface area (TPSA) is 169 Å². The largest absolute Gasteiger partial charge is 0.370 e. The van der Waals surface area contributed by atoms with Crippen LogP contribution in [0, 0.1) is 0 Å². The number of primary amides is 1. The summed E-state index contributed by atoms with van der Waals surface area (Å²) in [6.45, 7) is 6.59. The second-order valence-electron chi connectivity index (χ2n) is 6.60. The van der Waals surface area contributed by atoms with Crippen molar-refractivity contribution in [2.24, 2.45) is 27.9 Å². The van der Waals surface area contributed by atoms with E-state index < -0.39 is 6.04 Å². The number of nitrogens with zero attached hydrogens (tertiary/aromatic N) is 3. The first-order valence-electron chi connectivity index (χ1n) is 9.20. The molecule has 1 aliphatic rings. The van der Waals surface area contributed by atoms with Crippen LogP contribution in [0.4, 0.5) is 0 Å². The van der Waals surface area contributed by atoms with Gasteiger partial charge in [-0.2, -0.15) is 0 Å². The predicted octanol–water partition coefficient (Wildman–Crippen LogP) is -2.63. The van der Waals surface area contributed by atoms with E-state index in [9.17, 15) is 9.59 Å². The first-order chi connectivity index (χ1) is 12.4. The zero-order chi connectivity index (χ0) is 19.4. The Balaban J connectivity index is 2.05. The highest BCUT2D eigenvalue weighted by molar-refractivity contribution is 5.81. The molecular weight excluding hydrogens is 336 g/mol. The highest BCUT2D eigenvalue weighted by atomic mass is 16.2. The van der Waals surface area contributed by atoms with Gasteiger partial charge >= 0.3 is 0 Å². The number of guanidine groups is 1. The van der Waals surface area contributed by atoms with Crippen LogP contribution >= 0.6 is 0 Å². The molecule has 9 N–H and O–H groups in total. The number of carbonyl (C=O) groups is 2. The normalized spacial score (nSPS) is 16.8. The number of piperazine rings is 1. The van der Waals surface area contributed by atoms with E-state index in [4.69, 9.17) is 22.9 Å². The number of rotatable bonds is 12. The molecule has 1 saturated heterocycles. The number of aliphatic imine (C=N–C) groups is 1. The van der Waals surface area contributed by atoms with Crippen LogP contribution in [0.1, 0.15) is 25.7 Å². The smallest absolute Gasteiger partial charge is 0.236 e. The van der Waals surface area contributed by atoms with Gasteiger partial charge in [0.1, 0.15) is 0 Å². The Hall–Kier alpha value is -1.91. The van der Waals surface area contributed by atoms with Gasteiger partial charge in [-0.05, 0) is 25.8 Å². The maximum atomic E-state index is 11.9. The quantitative estimate of drug-likeness (QED) is 0.142. The molecule has 1 atom stereocenters. The monoisotopic (exact) mass is 370 g/mol. The van der Waals surface area contributed by atoms with Crippen molar-refractivity contribution in [3.8, 4) is 0 Å². The van der Waals surface area contributed by atoms with Crippen molar-refractivity contribution in [3.05, 3.63) is 0 Å². The molecule has 0 aliphatic carbocycles. The van der Waals surface area contributed by atoms with Crippen molar-refractivity contribution in [3.63, 3.8) is 0 Å². The maximum Gasteiger partial charge on any atom is 0.236 e. The lowest BCUT2D eigenvalue weighted by Gasteiger charge is -2.34. The first-order valence-corrected chi connectivity index (χ1v) is 9.20. The minimum atomic E-state index is -0.530. The van der Waals surface area contributed by atoms with Gasteiger partial charge in [-0.3, -0.25) is 14.6 Å². The van der Waals surface area contributed by atoms with Crippen LogP contribution in [-0.4, -0.2) is 86.0 Å².